The minimum Gasteiger partial charge on any atom is -0.493 e. The lowest BCUT2D eigenvalue weighted by atomic mass is 10.0. The number of rotatable bonds is 6. The molecule has 0 saturated carbocycles. The van der Waals surface area contributed by atoms with Crippen LogP contribution in [0.3, 0.4) is 0 Å². The van der Waals surface area contributed by atoms with Gasteiger partial charge in [-0.25, -0.2) is 0 Å². The molecule has 0 radical (unpaired) electrons. The van der Waals surface area contributed by atoms with E-state index in [1.54, 1.807) is 6.92 Å². The minimum absolute atomic E-state index is 0.288. The number of hydrogen-bond acceptors (Lipinski definition) is 3. The Morgan fingerprint density at radius 1 is 1.35 bits per heavy atom. The monoisotopic (exact) mass is 237 g/mol. The Hall–Kier alpha value is -1.06. The third-order valence-electron chi connectivity index (χ3n) is 2.90. The summed E-state index contributed by atoms with van der Waals surface area (Å²) in [6.45, 7) is 6.73. The molecule has 1 unspecified atom stereocenters. The normalized spacial score (nSPS) is 14.4. The van der Waals surface area contributed by atoms with E-state index in [9.17, 15) is 5.11 Å². The Morgan fingerprint density at radius 2 is 2.06 bits per heavy atom. The van der Waals surface area contributed by atoms with Crippen LogP contribution in [0.1, 0.15) is 30.9 Å². The first-order valence-electron chi connectivity index (χ1n) is 6.07. The summed E-state index contributed by atoms with van der Waals surface area (Å²) in [6.07, 6.45) is 1.46. The fraction of sp³-hybridized carbons (Fsp3) is 0.571. The molecular weight excluding hydrogens is 214 g/mol. The molecule has 0 bridgehead atoms. The lowest BCUT2D eigenvalue weighted by Gasteiger charge is -2.20. The third kappa shape index (κ3) is 4.75. The van der Waals surface area contributed by atoms with Crippen molar-refractivity contribution in [3.8, 4) is 5.75 Å². The van der Waals surface area contributed by atoms with Crippen LogP contribution in [0.15, 0.2) is 18.2 Å². The fourth-order valence-electron chi connectivity index (χ4n) is 1.60. The Balaban J connectivity index is 2.38. The number of aryl methyl sites for hydroxylation is 2. The number of benzene rings is 1. The molecule has 0 fully saturated rings. The molecule has 3 heteroatoms. The van der Waals surface area contributed by atoms with Crippen LogP contribution in [0.5, 0.6) is 5.75 Å². The van der Waals surface area contributed by atoms with E-state index in [0.29, 0.717) is 13.0 Å². The second-order valence-electron chi connectivity index (χ2n) is 4.92. The van der Waals surface area contributed by atoms with Crippen molar-refractivity contribution in [2.24, 2.45) is 5.73 Å². The quantitative estimate of drug-likeness (QED) is 0.746. The summed E-state index contributed by atoms with van der Waals surface area (Å²) >= 11 is 0. The van der Waals surface area contributed by atoms with Gasteiger partial charge in [-0.3, -0.25) is 0 Å². The predicted octanol–water partition coefficient (Wildman–Crippen LogP) is 2.17. The van der Waals surface area contributed by atoms with Gasteiger partial charge in [-0.2, -0.15) is 0 Å². The van der Waals surface area contributed by atoms with E-state index in [1.807, 2.05) is 19.9 Å². The first-order valence-corrected chi connectivity index (χ1v) is 6.07. The van der Waals surface area contributed by atoms with Crippen molar-refractivity contribution in [1.82, 2.24) is 0 Å². The van der Waals surface area contributed by atoms with Gasteiger partial charge in [0.25, 0.3) is 0 Å². The standard InChI is InChI=1S/C14H23NO2/c1-11-5-6-12(2)13(9-11)17-8-4-7-14(3,16)10-15/h5-6,9,16H,4,7-8,10,15H2,1-3H3. The van der Waals surface area contributed by atoms with Crippen LogP contribution in [0.25, 0.3) is 0 Å². The molecule has 0 aliphatic rings. The van der Waals surface area contributed by atoms with Crippen molar-refractivity contribution < 1.29 is 9.84 Å². The zero-order valence-electron chi connectivity index (χ0n) is 11.0. The molecule has 96 valence electrons. The van der Waals surface area contributed by atoms with E-state index >= 15 is 0 Å². The van der Waals surface area contributed by atoms with Crippen LogP contribution < -0.4 is 10.5 Å². The minimum atomic E-state index is -0.773. The molecule has 0 aromatic heterocycles. The zero-order chi connectivity index (χ0) is 12.9. The van der Waals surface area contributed by atoms with Gasteiger partial charge in [0.1, 0.15) is 5.75 Å². The molecule has 0 amide bonds. The molecule has 0 aliphatic carbocycles. The highest BCUT2D eigenvalue weighted by atomic mass is 16.5. The van der Waals surface area contributed by atoms with Crippen LogP contribution in [0.4, 0.5) is 0 Å². The molecule has 1 aromatic rings. The van der Waals surface area contributed by atoms with Crippen LogP contribution in [0, 0.1) is 13.8 Å². The van der Waals surface area contributed by atoms with Crippen molar-refractivity contribution in [1.29, 1.82) is 0 Å². The lowest BCUT2D eigenvalue weighted by molar-refractivity contribution is 0.0535. The van der Waals surface area contributed by atoms with E-state index in [-0.39, 0.29) is 6.54 Å². The van der Waals surface area contributed by atoms with Gasteiger partial charge < -0.3 is 15.6 Å². The number of hydrogen-bond donors (Lipinski definition) is 2. The van der Waals surface area contributed by atoms with Crippen LogP contribution in [-0.4, -0.2) is 23.9 Å². The van der Waals surface area contributed by atoms with Gasteiger partial charge in [0, 0.05) is 6.54 Å². The summed E-state index contributed by atoms with van der Waals surface area (Å²) in [5.41, 5.74) is 7.01. The molecule has 0 saturated heterocycles. The highest BCUT2D eigenvalue weighted by Crippen LogP contribution is 2.20. The summed E-state index contributed by atoms with van der Waals surface area (Å²) in [5.74, 6) is 0.928. The van der Waals surface area contributed by atoms with E-state index in [4.69, 9.17) is 10.5 Å². The Kier molecular flexibility index (Phi) is 4.97. The molecule has 1 atom stereocenters. The predicted molar refractivity (Wildman–Crippen MR) is 70.3 cm³/mol. The van der Waals surface area contributed by atoms with Gasteiger partial charge in [-0.05, 0) is 50.8 Å². The van der Waals surface area contributed by atoms with Gasteiger partial charge in [0.15, 0.2) is 0 Å². The maximum atomic E-state index is 9.74. The summed E-state index contributed by atoms with van der Waals surface area (Å²) in [4.78, 5) is 0. The van der Waals surface area contributed by atoms with Crippen molar-refractivity contribution in [3.63, 3.8) is 0 Å². The summed E-state index contributed by atoms with van der Waals surface area (Å²) < 4.78 is 5.71. The largest absolute Gasteiger partial charge is 0.493 e. The maximum absolute atomic E-state index is 9.74. The summed E-state index contributed by atoms with van der Waals surface area (Å²) in [5, 5.41) is 9.74. The Morgan fingerprint density at radius 3 is 2.71 bits per heavy atom. The van der Waals surface area contributed by atoms with Gasteiger partial charge in [0.05, 0.1) is 12.2 Å². The number of aliphatic hydroxyl groups is 1. The SMILES string of the molecule is Cc1ccc(C)c(OCCCC(C)(O)CN)c1. The molecule has 0 spiro atoms. The fourth-order valence-corrected chi connectivity index (χ4v) is 1.60. The van der Waals surface area contributed by atoms with E-state index in [0.717, 1.165) is 17.7 Å². The first kappa shape index (κ1) is 14.0. The van der Waals surface area contributed by atoms with E-state index < -0.39 is 5.60 Å². The lowest BCUT2D eigenvalue weighted by Crippen LogP contribution is -2.34. The smallest absolute Gasteiger partial charge is 0.122 e. The van der Waals surface area contributed by atoms with Crippen LogP contribution in [-0.2, 0) is 0 Å². The second-order valence-corrected chi connectivity index (χ2v) is 4.92. The topological polar surface area (TPSA) is 55.5 Å². The zero-order valence-corrected chi connectivity index (χ0v) is 11.0. The molecule has 3 nitrogen and oxygen atoms in total. The van der Waals surface area contributed by atoms with Gasteiger partial charge in [-0.15, -0.1) is 0 Å². The molecule has 0 aliphatic heterocycles. The summed E-state index contributed by atoms with van der Waals surface area (Å²) in [6, 6.07) is 6.17. The highest BCUT2D eigenvalue weighted by Gasteiger charge is 2.16. The number of ether oxygens (including phenoxy) is 1. The van der Waals surface area contributed by atoms with Crippen LogP contribution >= 0.6 is 0 Å². The Bertz CT molecular complexity index is 361. The van der Waals surface area contributed by atoms with Gasteiger partial charge in [0.2, 0.25) is 0 Å². The van der Waals surface area contributed by atoms with E-state index in [2.05, 4.69) is 12.1 Å². The summed E-state index contributed by atoms with van der Waals surface area (Å²) in [7, 11) is 0. The maximum Gasteiger partial charge on any atom is 0.122 e. The molecule has 1 rings (SSSR count). The third-order valence-corrected chi connectivity index (χ3v) is 2.90. The van der Waals surface area contributed by atoms with Crippen molar-refractivity contribution in [3.05, 3.63) is 29.3 Å². The van der Waals surface area contributed by atoms with E-state index in [1.165, 1.54) is 5.56 Å². The molecule has 1 aromatic carbocycles. The molecular formula is C14H23NO2. The van der Waals surface area contributed by atoms with Gasteiger partial charge >= 0.3 is 0 Å². The highest BCUT2D eigenvalue weighted by molar-refractivity contribution is 5.35. The van der Waals surface area contributed by atoms with Gasteiger partial charge in [-0.1, -0.05) is 12.1 Å². The second kappa shape index (κ2) is 6.03. The van der Waals surface area contributed by atoms with Crippen molar-refractivity contribution >= 4 is 0 Å². The average molecular weight is 237 g/mol. The first-order chi connectivity index (χ1) is 7.94. The van der Waals surface area contributed by atoms with Crippen LogP contribution in [0.2, 0.25) is 0 Å². The molecule has 3 N–H and O–H groups in total. The average Bonchev–Trinajstić information content (AvgIpc) is 2.29. The molecule has 17 heavy (non-hydrogen) atoms. The number of nitrogens with two attached hydrogens (primary N) is 1. The van der Waals surface area contributed by atoms with Crippen molar-refractivity contribution in [2.75, 3.05) is 13.2 Å². The molecule has 0 heterocycles. The Labute approximate surface area is 104 Å². The van der Waals surface area contributed by atoms with Crippen molar-refractivity contribution in [2.45, 2.75) is 39.2 Å².